The third-order valence-electron chi connectivity index (χ3n) is 2.38. The number of carbonyl (C=O) groups excluding carboxylic acids is 1. The Morgan fingerprint density at radius 1 is 1.47 bits per heavy atom. The number of ether oxygens (including phenoxy) is 2. The fourth-order valence-corrected chi connectivity index (χ4v) is 1.50. The number of benzene rings is 1. The number of rotatable bonds is 5. The highest BCUT2D eigenvalue weighted by Gasteiger charge is 2.13. The van der Waals surface area contributed by atoms with Crippen LogP contribution < -0.4 is 10.1 Å². The van der Waals surface area contributed by atoms with Crippen LogP contribution in [0.5, 0.6) is 5.75 Å². The van der Waals surface area contributed by atoms with Crippen molar-refractivity contribution in [3.8, 4) is 5.75 Å². The van der Waals surface area contributed by atoms with Gasteiger partial charge in [-0.25, -0.2) is 0 Å². The summed E-state index contributed by atoms with van der Waals surface area (Å²) in [4.78, 5) is 11.2. The minimum atomic E-state index is -0.253. The average Bonchev–Trinajstić information content (AvgIpc) is 2.36. The van der Waals surface area contributed by atoms with Crippen molar-refractivity contribution >= 4 is 23.3 Å². The number of nitrogens with one attached hydrogen (secondary N) is 1. The molecule has 0 radical (unpaired) electrons. The van der Waals surface area contributed by atoms with Gasteiger partial charge in [0.25, 0.3) is 0 Å². The summed E-state index contributed by atoms with van der Waals surface area (Å²) in [6.45, 7) is 2.24. The largest absolute Gasteiger partial charge is 0.497 e. The van der Waals surface area contributed by atoms with Gasteiger partial charge in [0.1, 0.15) is 5.75 Å². The van der Waals surface area contributed by atoms with Crippen molar-refractivity contribution in [2.24, 2.45) is 5.92 Å². The predicted octanol–water partition coefficient (Wildman–Crippen LogP) is 2.57. The van der Waals surface area contributed by atoms with Crippen molar-refractivity contribution in [3.05, 3.63) is 23.2 Å². The van der Waals surface area contributed by atoms with Crippen molar-refractivity contribution in [2.45, 2.75) is 6.92 Å². The summed E-state index contributed by atoms with van der Waals surface area (Å²) in [5.74, 6) is 0.224. The Bertz CT molecular complexity index is 395. The van der Waals surface area contributed by atoms with Crippen molar-refractivity contribution < 1.29 is 14.3 Å². The van der Waals surface area contributed by atoms with Crippen LogP contribution in [-0.4, -0.2) is 26.7 Å². The molecule has 1 unspecified atom stereocenters. The molecule has 1 aromatic rings. The molecule has 0 bridgehead atoms. The zero-order valence-electron chi connectivity index (χ0n) is 10.1. The topological polar surface area (TPSA) is 47.6 Å². The van der Waals surface area contributed by atoms with Gasteiger partial charge in [-0.1, -0.05) is 18.5 Å². The molecule has 0 amide bonds. The highest BCUT2D eigenvalue weighted by atomic mass is 35.5. The minimum absolute atomic E-state index is 0.234. The third-order valence-corrected chi connectivity index (χ3v) is 2.71. The molecule has 0 fully saturated rings. The average molecular weight is 258 g/mol. The smallest absolute Gasteiger partial charge is 0.310 e. The lowest BCUT2D eigenvalue weighted by molar-refractivity contribution is -0.144. The second kappa shape index (κ2) is 6.35. The minimum Gasteiger partial charge on any atom is -0.497 e. The highest BCUT2D eigenvalue weighted by Crippen LogP contribution is 2.26. The summed E-state index contributed by atoms with van der Waals surface area (Å²) in [7, 11) is 2.96. The number of hydrogen-bond donors (Lipinski definition) is 1. The highest BCUT2D eigenvalue weighted by molar-refractivity contribution is 6.33. The van der Waals surface area contributed by atoms with E-state index in [9.17, 15) is 4.79 Å². The van der Waals surface area contributed by atoms with E-state index in [2.05, 4.69) is 10.1 Å². The molecule has 0 saturated heterocycles. The maximum absolute atomic E-state index is 11.2. The van der Waals surface area contributed by atoms with E-state index < -0.39 is 0 Å². The molecule has 5 heteroatoms. The number of methoxy groups -OCH3 is 2. The Kier molecular flexibility index (Phi) is 5.10. The first kappa shape index (κ1) is 13.6. The summed E-state index contributed by atoms with van der Waals surface area (Å²) < 4.78 is 9.73. The number of halogens is 1. The molecule has 0 aliphatic rings. The summed E-state index contributed by atoms with van der Waals surface area (Å²) in [5, 5.41) is 3.68. The quantitative estimate of drug-likeness (QED) is 0.824. The Hall–Kier alpha value is -1.42. The van der Waals surface area contributed by atoms with Crippen molar-refractivity contribution in [2.75, 3.05) is 26.1 Å². The molecule has 4 nitrogen and oxygen atoms in total. The first-order valence-electron chi connectivity index (χ1n) is 5.23. The molecule has 0 aliphatic heterocycles. The molecule has 1 rings (SSSR count). The van der Waals surface area contributed by atoms with E-state index in [1.54, 1.807) is 32.2 Å². The Morgan fingerprint density at radius 2 is 2.18 bits per heavy atom. The van der Waals surface area contributed by atoms with Gasteiger partial charge in [-0.2, -0.15) is 0 Å². The molecule has 17 heavy (non-hydrogen) atoms. The van der Waals surface area contributed by atoms with Crippen LogP contribution >= 0.6 is 11.6 Å². The summed E-state index contributed by atoms with van der Waals surface area (Å²) >= 11 is 6.02. The fourth-order valence-electron chi connectivity index (χ4n) is 1.31. The molecule has 0 aliphatic carbocycles. The Labute approximate surface area is 106 Å². The van der Waals surface area contributed by atoms with E-state index in [-0.39, 0.29) is 11.9 Å². The van der Waals surface area contributed by atoms with Gasteiger partial charge in [-0.3, -0.25) is 4.79 Å². The fraction of sp³-hybridized carbons (Fsp3) is 0.417. The molecular weight excluding hydrogens is 242 g/mol. The molecule has 94 valence electrons. The molecule has 1 atom stereocenters. The first-order valence-corrected chi connectivity index (χ1v) is 5.61. The van der Waals surface area contributed by atoms with Gasteiger partial charge < -0.3 is 14.8 Å². The molecule has 1 N–H and O–H groups in total. The van der Waals surface area contributed by atoms with Crippen molar-refractivity contribution in [1.82, 2.24) is 0 Å². The molecule has 0 saturated carbocycles. The second-order valence-electron chi connectivity index (χ2n) is 3.65. The molecule has 0 heterocycles. The molecule has 0 aromatic heterocycles. The summed E-state index contributed by atoms with van der Waals surface area (Å²) in [6, 6.07) is 5.30. The van der Waals surface area contributed by atoms with E-state index in [4.69, 9.17) is 16.3 Å². The van der Waals surface area contributed by atoms with Gasteiger partial charge in [0.15, 0.2) is 0 Å². The van der Waals surface area contributed by atoms with Crippen LogP contribution in [0.25, 0.3) is 0 Å². The van der Waals surface area contributed by atoms with E-state index in [0.29, 0.717) is 17.3 Å². The summed E-state index contributed by atoms with van der Waals surface area (Å²) in [5.41, 5.74) is 0.738. The van der Waals surface area contributed by atoms with Crippen LogP contribution in [0.15, 0.2) is 18.2 Å². The van der Waals surface area contributed by atoms with Gasteiger partial charge in [-0.05, 0) is 12.1 Å². The van der Waals surface area contributed by atoms with Crippen LogP contribution in [0.2, 0.25) is 5.02 Å². The lowest BCUT2D eigenvalue weighted by atomic mass is 10.2. The molecule has 1 aromatic carbocycles. The van der Waals surface area contributed by atoms with E-state index in [1.165, 1.54) is 7.11 Å². The SMILES string of the molecule is COC(=O)C(C)CNc1cc(OC)ccc1Cl. The second-order valence-corrected chi connectivity index (χ2v) is 4.06. The van der Waals surface area contributed by atoms with Gasteiger partial charge >= 0.3 is 5.97 Å². The van der Waals surface area contributed by atoms with Crippen molar-refractivity contribution in [1.29, 1.82) is 0 Å². The maximum Gasteiger partial charge on any atom is 0.310 e. The zero-order valence-corrected chi connectivity index (χ0v) is 10.9. The van der Waals surface area contributed by atoms with Gasteiger partial charge in [0.2, 0.25) is 0 Å². The van der Waals surface area contributed by atoms with E-state index in [0.717, 1.165) is 5.69 Å². The van der Waals surface area contributed by atoms with Crippen LogP contribution in [0.1, 0.15) is 6.92 Å². The Balaban J connectivity index is 2.65. The van der Waals surface area contributed by atoms with E-state index >= 15 is 0 Å². The zero-order chi connectivity index (χ0) is 12.8. The number of hydrogen-bond acceptors (Lipinski definition) is 4. The number of anilines is 1. The first-order chi connectivity index (χ1) is 8.08. The molecular formula is C12H16ClNO3. The number of carbonyl (C=O) groups is 1. The van der Waals surface area contributed by atoms with Crippen LogP contribution in [0, 0.1) is 5.92 Å². The van der Waals surface area contributed by atoms with E-state index in [1.807, 2.05) is 0 Å². The monoisotopic (exact) mass is 257 g/mol. The third kappa shape index (κ3) is 3.82. The van der Waals surface area contributed by atoms with Gasteiger partial charge in [-0.15, -0.1) is 0 Å². The predicted molar refractivity (Wildman–Crippen MR) is 67.7 cm³/mol. The van der Waals surface area contributed by atoms with Crippen LogP contribution in [0.3, 0.4) is 0 Å². The van der Waals surface area contributed by atoms with Crippen LogP contribution in [0.4, 0.5) is 5.69 Å². The number of esters is 1. The molecule has 0 spiro atoms. The standard InChI is InChI=1S/C12H16ClNO3/c1-8(12(15)17-3)7-14-11-6-9(16-2)4-5-10(11)13/h4-6,8,14H,7H2,1-3H3. The van der Waals surface area contributed by atoms with Gasteiger partial charge in [0, 0.05) is 12.6 Å². The maximum atomic E-state index is 11.2. The lowest BCUT2D eigenvalue weighted by Crippen LogP contribution is -2.21. The summed E-state index contributed by atoms with van der Waals surface area (Å²) in [6.07, 6.45) is 0. The van der Waals surface area contributed by atoms with Crippen LogP contribution in [-0.2, 0) is 9.53 Å². The Morgan fingerprint density at radius 3 is 2.76 bits per heavy atom. The lowest BCUT2D eigenvalue weighted by Gasteiger charge is -2.13. The normalized spacial score (nSPS) is 11.8. The van der Waals surface area contributed by atoms with Crippen molar-refractivity contribution in [3.63, 3.8) is 0 Å². The van der Waals surface area contributed by atoms with Gasteiger partial charge in [0.05, 0.1) is 30.8 Å².